The second-order valence-corrected chi connectivity index (χ2v) is 13.0. The van der Waals surface area contributed by atoms with E-state index in [0.717, 1.165) is 18.2 Å². The summed E-state index contributed by atoms with van der Waals surface area (Å²) < 4.78 is 78.4. The largest absolute Gasteiger partial charge is 0.444 e. The molecule has 2 aromatic carbocycles. The van der Waals surface area contributed by atoms with Crippen LogP contribution in [0.1, 0.15) is 51.3 Å². The molecule has 0 saturated heterocycles. The summed E-state index contributed by atoms with van der Waals surface area (Å²) in [5.74, 6) is 0.0750. The fraction of sp³-hybridized carbons (Fsp3) is 0.345. The molecule has 0 aliphatic heterocycles. The molecule has 12 heteroatoms. The van der Waals surface area contributed by atoms with Crippen LogP contribution in [0.3, 0.4) is 0 Å². The Labute approximate surface area is 234 Å². The lowest BCUT2D eigenvalue weighted by atomic mass is 9.71. The van der Waals surface area contributed by atoms with E-state index in [2.05, 4.69) is 15.3 Å². The molecule has 1 N–H and O–H groups in total. The normalized spacial score (nSPS) is 15.4. The van der Waals surface area contributed by atoms with E-state index in [1.165, 1.54) is 0 Å². The second-order valence-electron chi connectivity index (χ2n) is 11.1. The number of halogens is 3. The number of aromatic nitrogens is 2. The predicted molar refractivity (Wildman–Crippen MR) is 146 cm³/mol. The molecule has 0 radical (unpaired) electrons. The third-order valence-corrected chi connectivity index (χ3v) is 7.69. The number of nitrogens with one attached hydrogen (secondary N) is 1. The van der Waals surface area contributed by atoms with Crippen molar-refractivity contribution < 1.29 is 35.5 Å². The van der Waals surface area contributed by atoms with Crippen LogP contribution < -0.4 is 5.32 Å². The Kier molecular flexibility index (Phi) is 6.88. The Bertz CT molecular complexity index is 1720. The molecule has 5 rings (SSSR count). The fourth-order valence-corrected chi connectivity index (χ4v) is 5.40. The number of hydrogen-bond acceptors (Lipinski definition) is 7. The molecule has 0 spiro atoms. The van der Waals surface area contributed by atoms with Gasteiger partial charge >= 0.3 is 12.3 Å². The first-order valence-electron chi connectivity index (χ1n) is 12.9. The number of benzene rings is 2. The molecule has 0 atom stereocenters. The molecule has 8 nitrogen and oxygen atoms in total. The molecule has 4 aromatic rings. The lowest BCUT2D eigenvalue weighted by Gasteiger charge is -2.43. The smallest absolute Gasteiger partial charge is 0.434 e. The Balaban J connectivity index is 1.65. The maximum Gasteiger partial charge on any atom is 0.434 e. The van der Waals surface area contributed by atoms with Gasteiger partial charge in [0.25, 0.3) is 5.16 Å². The van der Waals surface area contributed by atoms with Gasteiger partial charge in [-0.1, -0.05) is 54.6 Å². The van der Waals surface area contributed by atoms with Crippen LogP contribution in [0.15, 0.2) is 64.2 Å². The number of carbonyl (C=O) groups is 1. The summed E-state index contributed by atoms with van der Waals surface area (Å²) in [5.41, 5.74) is -1.44. The Morgan fingerprint density at radius 3 is 2.12 bits per heavy atom. The highest BCUT2D eigenvalue weighted by atomic mass is 32.2. The summed E-state index contributed by atoms with van der Waals surface area (Å²) in [7, 11) is -4.18. The van der Waals surface area contributed by atoms with Gasteiger partial charge in [-0.3, -0.25) is 0 Å². The third-order valence-electron chi connectivity index (χ3n) is 6.84. The lowest BCUT2D eigenvalue weighted by Crippen LogP contribution is -2.52. The minimum Gasteiger partial charge on any atom is -0.444 e. The molecule has 1 aliphatic carbocycles. The van der Waals surface area contributed by atoms with Crippen LogP contribution in [0, 0.1) is 0 Å². The number of sulfone groups is 1. The van der Waals surface area contributed by atoms with Crippen molar-refractivity contribution in [2.75, 3.05) is 6.26 Å². The third kappa shape index (κ3) is 5.65. The van der Waals surface area contributed by atoms with Crippen molar-refractivity contribution in [2.24, 2.45) is 0 Å². The molecule has 216 valence electrons. The van der Waals surface area contributed by atoms with Gasteiger partial charge in [0.15, 0.2) is 5.69 Å². The van der Waals surface area contributed by atoms with Gasteiger partial charge in [0, 0.05) is 17.4 Å². The number of rotatable bonds is 5. The van der Waals surface area contributed by atoms with Gasteiger partial charge < -0.3 is 14.5 Å². The Hall–Kier alpha value is -3.93. The summed E-state index contributed by atoms with van der Waals surface area (Å²) in [5, 5.41) is 1.57. The van der Waals surface area contributed by atoms with Gasteiger partial charge in [0.1, 0.15) is 11.4 Å². The van der Waals surface area contributed by atoms with Crippen molar-refractivity contribution in [3.05, 3.63) is 65.9 Å². The number of alkyl carbamates (subject to hydrolysis) is 1. The van der Waals surface area contributed by atoms with E-state index in [-0.39, 0.29) is 11.3 Å². The van der Waals surface area contributed by atoms with Crippen LogP contribution in [-0.4, -0.2) is 36.3 Å². The molecule has 2 aromatic heterocycles. The maximum atomic E-state index is 14.3. The van der Waals surface area contributed by atoms with E-state index in [1.54, 1.807) is 75.4 Å². The number of furan rings is 1. The molecule has 0 bridgehead atoms. The zero-order chi connectivity index (χ0) is 29.8. The highest BCUT2D eigenvalue weighted by Crippen LogP contribution is 2.46. The number of amides is 1. The topological polar surface area (TPSA) is 111 Å². The van der Waals surface area contributed by atoms with Crippen molar-refractivity contribution >= 4 is 27.0 Å². The van der Waals surface area contributed by atoms with Gasteiger partial charge in [-0.05, 0) is 51.2 Å². The monoisotopic (exact) mass is 587 g/mol. The minimum atomic E-state index is -4.99. The summed E-state index contributed by atoms with van der Waals surface area (Å²) in [6.07, 6.45) is -2.49. The number of fused-ring (bicyclic) bond motifs is 1. The molecule has 1 aliphatic rings. The zero-order valence-electron chi connectivity index (χ0n) is 22.8. The molecular formula is C29H28F3N3O5S. The first kappa shape index (κ1) is 28.6. The fourth-order valence-electron chi connectivity index (χ4n) is 4.89. The Morgan fingerprint density at radius 1 is 0.976 bits per heavy atom. The van der Waals surface area contributed by atoms with E-state index in [4.69, 9.17) is 9.15 Å². The number of alkyl halides is 3. The first-order valence-corrected chi connectivity index (χ1v) is 14.8. The lowest BCUT2D eigenvalue weighted by molar-refractivity contribution is -0.140. The highest BCUT2D eigenvalue weighted by molar-refractivity contribution is 7.90. The quantitative estimate of drug-likeness (QED) is 0.253. The van der Waals surface area contributed by atoms with Crippen LogP contribution in [0.2, 0.25) is 0 Å². The maximum absolute atomic E-state index is 14.3. The second kappa shape index (κ2) is 9.86. The van der Waals surface area contributed by atoms with Gasteiger partial charge in [0.05, 0.1) is 10.9 Å². The molecule has 41 heavy (non-hydrogen) atoms. The van der Waals surface area contributed by atoms with E-state index in [1.807, 2.05) is 0 Å². The van der Waals surface area contributed by atoms with Crippen molar-refractivity contribution in [2.45, 2.75) is 62.5 Å². The number of ether oxygens (including phenoxy) is 1. The van der Waals surface area contributed by atoms with Gasteiger partial charge in [-0.25, -0.2) is 18.2 Å². The number of hydrogen-bond donors (Lipinski definition) is 1. The van der Waals surface area contributed by atoms with E-state index in [0.29, 0.717) is 24.0 Å². The molecule has 1 saturated carbocycles. The van der Waals surface area contributed by atoms with Crippen LogP contribution in [0.5, 0.6) is 0 Å². The minimum absolute atomic E-state index is 0.0750. The zero-order valence-corrected chi connectivity index (χ0v) is 23.6. The average molecular weight is 588 g/mol. The Morgan fingerprint density at radius 2 is 1.61 bits per heavy atom. The van der Waals surface area contributed by atoms with Crippen LogP contribution >= 0.6 is 0 Å². The summed E-state index contributed by atoms with van der Waals surface area (Å²) in [4.78, 5) is 19.8. The van der Waals surface area contributed by atoms with Gasteiger partial charge in [-0.15, -0.1) is 0 Å². The SMILES string of the molecule is CC(C)(C)OC(=O)NC1(c2ccc(-c3oc4nc(S(C)(=O)=O)nc(C(F)(F)F)c4c3-c3ccccc3)cc2)CCC1. The van der Waals surface area contributed by atoms with Crippen molar-refractivity contribution in [1.29, 1.82) is 0 Å². The molecule has 0 unspecified atom stereocenters. The average Bonchev–Trinajstić information content (AvgIpc) is 3.23. The van der Waals surface area contributed by atoms with Gasteiger partial charge in [-0.2, -0.15) is 18.2 Å². The number of nitrogens with zero attached hydrogens (tertiary/aromatic N) is 2. The highest BCUT2D eigenvalue weighted by Gasteiger charge is 2.42. The molecular weight excluding hydrogens is 559 g/mol. The van der Waals surface area contributed by atoms with Crippen molar-refractivity contribution in [3.63, 3.8) is 0 Å². The predicted octanol–water partition coefficient (Wildman–Crippen LogP) is 6.88. The summed E-state index contributed by atoms with van der Waals surface area (Å²) in [6.45, 7) is 5.33. The molecule has 1 amide bonds. The van der Waals surface area contributed by atoms with Crippen LogP contribution in [0.4, 0.5) is 18.0 Å². The van der Waals surface area contributed by atoms with E-state index in [9.17, 15) is 26.4 Å². The van der Waals surface area contributed by atoms with Crippen molar-refractivity contribution in [1.82, 2.24) is 15.3 Å². The van der Waals surface area contributed by atoms with Gasteiger partial charge in [0.2, 0.25) is 15.6 Å². The van der Waals surface area contributed by atoms with Crippen molar-refractivity contribution in [3.8, 4) is 22.5 Å². The van der Waals surface area contributed by atoms with Crippen LogP contribution in [0.25, 0.3) is 33.6 Å². The molecule has 2 heterocycles. The summed E-state index contributed by atoms with van der Waals surface area (Å²) in [6, 6.07) is 15.3. The standard InChI is InChI=1S/C29H28F3N3O5S/c1-27(2,3)40-26(36)35-28(15-8-16-28)19-13-11-18(12-14-19)22-20(17-9-6-5-7-10-17)21-23(29(30,31)32)33-25(41(4,37)38)34-24(21)39-22/h5-7,9-14H,8,15-16H2,1-4H3,(H,35,36). The van der Waals surface area contributed by atoms with Crippen LogP contribution in [-0.2, 0) is 26.3 Å². The number of carbonyl (C=O) groups excluding carboxylic acids is 1. The van der Waals surface area contributed by atoms with E-state index >= 15 is 0 Å². The molecule has 1 fully saturated rings. The van der Waals surface area contributed by atoms with E-state index < -0.39 is 55.2 Å². The first-order chi connectivity index (χ1) is 19.1. The summed E-state index contributed by atoms with van der Waals surface area (Å²) >= 11 is 0.